The van der Waals surface area contributed by atoms with E-state index in [1.165, 1.54) is 95.4 Å². The molecule has 2 atom stereocenters. The Hall–Kier alpha value is -3.48. The van der Waals surface area contributed by atoms with E-state index >= 15 is 0 Å². The molecule has 6 aromatic carbocycles. The van der Waals surface area contributed by atoms with Crippen molar-refractivity contribution in [2.24, 2.45) is 0 Å². The summed E-state index contributed by atoms with van der Waals surface area (Å²) in [5, 5.41) is 35.2. The van der Waals surface area contributed by atoms with E-state index in [9.17, 15) is 69.7 Å². The van der Waals surface area contributed by atoms with Crippen molar-refractivity contribution in [1.29, 1.82) is 0 Å². The van der Waals surface area contributed by atoms with Gasteiger partial charge in [0.15, 0.2) is 23.6 Å². The molecular formula is C80H86BBr2Cl4F7N7NaO15V6. The first-order valence-electron chi connectivity index (χ1n) is 36.7. The zero-order chi connectivity index (χ0) is 86.3. The molecule has 3 amide bonds. The molecule has 2 unspecified atom stereocenters. The molecule has 656 valence electrons. The number of amides is 3. The van der Waals surface area contributed by atoms with Gasteiger partial charge < -0.3 is 59.7 Å². The maximum absolute atomic E-state index is 13.2. The normalized spacial score (nSPS) is 16.3. The smallest absolute Gasteiger partial charge is 1.00 e. The topological polar surface area (TPSA) is 283 Å². The number of aromatic amines is 2. The largest absolute Gasteiger partial charge is 1.00 e. The molecule has 2 aromatic heterocycles. The van der Waals surface area contributed by atoms with E-state index in [4.69, 9.17) is 66.6 Å². The third-order valence-corrected chi connectivity index (χ3v) is 20.7. The van der Waals surface area contributed by atoms with Crippen LogP contribution in [0.15, 0.2) is 143 Å². The number of alkyl halides is 11. The standard InChI is InChI=1S/C24H22ClF2N3O4.C21H19BrClF2NO4.C19H15BrClF2NO3.C8H13BN2O2.C7H13ClO2.CH3F.Na.6V.H/c1-23(2)21-17(18-7-8-28-29-18)12-15(13-19(21)30(9-10-31)22(23)33)20(32)11-14-3-5-16(6-4-14)34-24(25,26)27;1-20(2)18-15(22)10-13(11-16(18)26(7-8-27)19(20)29)17(28)9-12-3-5-14(6-4-12)30-21(23,24)25;1-18(2)16-13(20)8-11(9-14(16)24-17(18)26)15(25)7-10-3-5-12(6-4-10)27-19(21,22)23;1-6-8(2,3)13-9(12-6)7-4-5-10-11-7;8-4-6-10-7-3-1-2-5-9-7;1-2;;;;;;;;/h3-8,12-13,31H,9-11H2,1-2H3,(H,28,29);3-6,10-11,27H,7-9H2,1-2H3;3-6,8-9H,7H2,1-2H3,(H,24,26);4-6H,1-3H3,(H,10,11);7H,1-6H2;1H3;;;;;;;;/q;;;;;;+1;;;;;;;-1/i;;;;;1D;;;;;;;;. The van der Waals surface area contributed by atoms with E-state index in [-0.39, 0.29) is 265 Å². The summed E-state index contributed by atoms with van der Waals surface area (Å²) in [4.78, 5) is 79.6. The first-order chi connectivity index (χ1) is 54.9. The van der Waals surface area contributed by atoms with Crippen LogP contribution in [0, 0.1) is 0 Å². The number of ketones is 3. The summed E-state index contributed by atoms with van der Waals surface area (Å²) in [6.07, 6.45) is 6.90. The van der Waals surface area contributed by atoms with Crippen LogP contribution in [0.25, 0.3) is 11.3 Å². The maximum Gasteiger partial charge on any atom is 1.00 e. The molecule has 6 radical (unpaired) electrons. The number of carbonyl (C=O) groups excluding carboxylic acids is 6. The predicted octanol–water partition coefficient (Wildman–Crippen LogP) is 14.0. The van der Waals surface area contributed by atoms with E-state index < -0.39 is 40.1 Å². The van der Waals surface area contributed by atoms with Crippen molar-refractivity contribution < 1.29 is 246 Å². The first kappa shape index (κ1) is 116. The Bertz CT molecular complexity index is 4810. The molecule has 22 nitrogen and oxygen atoms in total. The van der Waals surface area contributed by atoms with Crippen molar-refractivity contribution in [3.05, 3.63) is 193 Å². The summed E-state index contributed by atoms with van der Waals surface area (Å²) < 4.78 is 128. The van der Waals surface area contributed by atoms with Crippen LogP contribution in [0.4, 0.5) is 47.8 Å². The third-order valence-electron chi connectivity index (χ3n) is 19.1. The van der Waals surface area contributed by atoms with Gasteiger partial charge in [-0.1, -0.05) is 68.3 Å². The molecule has 8 aromatic rings. The average Bonchev–Trinajstić information content (AvgIpc) is 1.57. The molecule has 13 rings (SSSR count). The molecule has 123 heavy (non-hydrogen) atoms. The zero-order valence-corrected chi connectivity index (χ0v) is 84.5. The third kappa shape index (κ3) is 31.9. The van der Waals surface area contributed by atoms with Crippen molar-refractivity contribution in [3.63, 3.8) is 0 Å². The van der Waals surface area contributed by atoms with Crippen LogP contribution in [0.1, 0.15) is 149 Å². The van der Waals surface area contributed by atoms with Gasteiger partial charge in [0, 0.05) is 268 Å². The monoisotopic (exact) mass is 2160 g/mol. The number of benzene rings is 6. The van der Waals surface area contributed by atoms with Crippen molar-refractivity contribution in [1.82, 2.24) is 20.4 Å². The number of ether oxygens (including phenoxy) is 5. The Kier molecular flexibility index (Phi) is 48.3. The Morgan fingerprint density at radius 3 is 1.39 bits per heavy atom. The van der Waals surface area contributed by atoms with Gasteiger partial charge in [0.2, 0.25) is 17.7 Å². The molecule has 5 aliphatic rings. The number of β-amino-alcohol motifs (C(OH)–C–C–N with tert-alkyl or cyclic N) is 2. The average molecular weight is 2160 g/mol. The Morgan fingerprint density at radius 1 is 0.610 bits per heavy atom. The Labute approximate surface area is 841 Å². The van der Waals surface area contributed by atoms with E-state index in [1.807, 2.05) is 40.7 Å². The number of aliphatic hydroxyl groups is 2. The minimum absolute atomic E-state index is 0. The van der Waals surface area contributed by atoms with Gasteiger partial charge in [-0.15, -0.1) is 37.9 Å². The number of aromatic nitrogens is 4. The summed E-state index contributed by atoms with van der Waals surface area (Å²) in [7, 11) is -1.30. The predicted molar refractivity (Wildman–Crippen MR) is 435 cm³/mol. The number of hydrogen-bond donors (Lipinski definition) is 5. The second-order valence-corrected chi connectivity index (χ2v) is 32.3. The van der Waals surface area contributed by atoms with Crippen LogP contribution in [0.2, 0.25) is 0 Å². The van der Waals surface area contributed by atoms with Gasteiger partial charge in [0.05, 0.1) is 67.6 Å². The zero-order valence-electron chi connectivity index (χ0n) is 69.9. The number of aliphatic hydroxyl groups excluding tert-OH is 2. The van der Waals surface area contributed by atoms with Gasteiger partial charge in [-0.05, 0) is 183 Å². The Balaban J connectivity index is 0.00000157. The number of H-pyrrole nitrogens is 2. The van der Waals surface area contributed by atoms with Crippen molar-refractivity contribution >= 4 is 143 Å². The summed E-state index contributed by atoms with van der Waals surface area (Å²) in [5.41, 5.74) is -4.69. The van der Waals surface area contributed by atoms with Gasteiger partial charge in [-0.2, -0.15) is 10.2 Å². The number of hydrogen-bond acceptors (Lipinski definition) is 17. The van der Waals surface area contributed by atoms with Gasteiger partial charge >= 0.3 is 53.4 Å². The van der Waals surface area contributed by atoms with Crippen LogP contribution in [-0.2, 0) is 180 Å². The SMILES string of the molecule is CC1(C)C(=O)N(CCO)c2cc(C(=O)Cc3ccc(OC(F)(F)Cl)cc3)cc(-c3ccn[nH]3)c21.CC1(C)C(=O)N(CCO)c2cc(C(=O)Cc3ccc(OC(F)(F)Cl)cc3)cc(Br)c21.CC1(C)C(=O)Nc2cc(C(=O)Cc3ccc(OC(F)(F)Cl)cc3)cc(Br)c21.CC1OB(c2ccn[nH]2)OC1(C)C.ClCCOC1CCCCO1.[2H]CF.[H-].[Na+].[V].[V].[V].[V].[V].[V]. The van der Waals surface area contributed by atoms with Crippen LogP contribution in [0.5, 0.6) is 17.2 Å². The number of carbonyl (C=O) groups is 6. The molecule has 2 saturated heterocycles. The number of anilines is 3. The fraction of sp³-hybridized carbons (Fsp3) is 0.400. The number of nitrogens with zero attached hydrogens (tertiary/aromatic N) is 4. The molecule has 7 heterocycles. The molecular weight excluding hydrogens is 2070 g/mol. The van der Waals surface area contributed by atoms with Crippen LogP contribution in [-0.4, -0.2) is 160 Å². The Morgan fingerprint density at radius 2 is 1.02 bits per heavy atom. The minimum Gasteiger partial charge on any atom is -1.00 e. The maximum atomic E-state index is 13.2. The number of halogens is 13. The fourth-order valence-electron chi connectivity index (χ4n) is 13.1. The van der Waals surface area contributed by atoms with E-state index in [0.29, 0.717) is 83.1 Å². The van der Waals surface area contributed by atoms with Gasteiger partial charge in [0.25, 0.3) is 0 Å². The molecule has 43 heteroatoms. The van der Waals surface area contributed by atoms with E-state index in [1.54, 1.807) is 82.6 Å². The summed E-state index contributed by atoms with van der Waals surface area (Å²) in [5.74, 6) is -0.865. The molecule has 0 aliphatic carbocycles. The molecule has 0 saturated carbocycles. The molecule has 0 spiro atoms. The molecule has 5 N–H and O–H groups in total. The fourth-order valence-corrected chi connectivity index (χ4v) is 15.4. The van der Waals surface area contributed by atoms with Crippen molar-refractivity contribution in [2.75, 3.05) is 67.7 Å². The second kappa shape index (κ2) is 51.4. The van der Waals surface area contributed by atoms with Crippen molar-refractivity contribution in [3.8, 4) is 28.5 Å². The molecule has 5 aliphatic heterocycles. The number of nitrogens with one attached hydrogen (secondary N) is 3. The summed E-state index contributed by atoms with van der Waals surface area (Å²) in [6.45, 7) is 18.1. The number of rotatable bonds is 24. The van der Waals surface area contributed by atoms with Gasteiger partial charge in [-0.25, -0.2) is 0 Å². The number of fused-ring (bicyclic) bond motifs is 3. The number of Topliss-reactive ketones (excluding diaryl/α,β-unsaturated/α-hetero) is 3. The van der Waals surface area contributed by atoms with E-state index in [0.717, 1.165) is 35.3 Å². The summed E-state index contributed by atoms with van der Waals surface area (Å²) >= 11 is 26.6. The molecule has 0 bridgehead atoms. The van der Waals surface area contributed by atoms with Gasteiger partial charge in [-0.3, -0.25) is 43.4 Å². The van der Waals surface area contributed by atoms with E-state index in [2.05, 4.69) is 71.8 Å². The second-order valence-electron chi connectivity index (χ2n) is 28.9. The summed E-state index contributed by atoms with van der Waals surface area (Å²) in [6, 6.07) is 30.6. The minimum atomic E-state index is -3.82. The van der Waals surface area contributed by atoms with Crippen LogP contribution >= 0.6 is 78.3 Å². The van der Waals surface area contributed by atoms with Crippen LogP contribution in [0.3, 0.4) is 0 Å². The van der Waals surface area contributed by atoms with Gasteiger partial charge in [0.1, 0.15) is 17.2 Å². The first-order valence-corrected chi connectivity index (χ1v) is 39.3. The quantitative estimate of drug-likeness (QED) is 0.0163. The molecule has 2 fully saturated rings. The van der Waals surface area contributed by atoms with Crippen molar-refractivity contribution in [2.45, 2.75) is 152 Å². The van der Waals surface area contributed by atoms with Crippen LogP contribution < -0.4 is 64.5 Å².